The summed E-state index contributed by atoms with van der Waals surface area (Å²) in [6, 6.07) is -12.0. The Bertz CT molecular complexity index is 2080. The van der Waals surface area contributed by atoms with E-state index in [-0.39, 0.29) is 62.7 Å². The van der Waals surface area contributed by atoms with E-state index < -0.39 is 120 Å². The van der Waals surface area contributed by atoms with E-state index in [4.69, 9.17) is 22.9 Å². The van der Waals surface area contributed by atoms with Gasteiger partial charge in [-0.1, -0.05) is 13.8 Å². The minimum absolute atomic E-state index is 0.00630. The molecule has 30 heteroatoms. The number of H-pyrrole nitrogens is 2. The number of unbranched alkanes of at least 4 members (excludes halogenated alkanes) is 1. The summed E-state index contributed by atoms with van der Waals surface area (Å²) in [5.74, 6) is -9.25. The van der Waals surface area contributed by atoms with E-state index >= 15 is 0 Å². The molecule has 0 saturated carbocycles. The van der Waals surface area contributed by atoms with Gasteiger partial charge in [0.25, 0.3) is 0 Å². The smallest absolute Gasteiger partial charge is 0.327 e. The Labute approximate surface area is 420 Å². The number of carboxylic acids is 1. The predicted octanol–water partition coefficient (Wildman–Crippen LogP) is -6.08. The quantitative estimate of drug-likeness (QED) is 0.0137. The van der Waals surface area contributed by atoms with Gasteiger partial charge in [-0.2, -0.15) is 25.3 Å². The average molecular weight is 1040 g/mol. The molecular formula is C41H69N17O11S2. The number of aliphatic imine (C=N–C) groups is 1. The van der Waals surface area contributed by atoms with Gasteiger partial charge >= 0.3 is 5.97 Å². The van der Waals surface area contributed by atoms with E-state index in [2.05, 4.69) is 92.7 Å². The standard InChI is InChI=1S/C41H69N17O11S2/c1-20(2)31(58-37(65)28(12-23-14-47-19-50-23)55-33(61)24(43)16-70)39(67)56-29(15-59)38(66)53-25(7-4-5-9-42)34(62)51-21(3)32(60)54-27(11-22-13-46-18-49-22)36(64)52-26(8-6-10-48-41(44)45)35(63)57-30(17-71)40(68)69/h13-14,18-21,24-31,59,70-71H,4-12,15-17,42-43H2,1-3H3,(H,46,49)(H,47,50)(H,51,62)(H,52,64)(H,53,66)(H,54,60)(H,55,61)(H,56,67)(H,57,63)(H,58,65)(H,68,69)(H4,44,45,48)/t21-,24-,25-,26-,27-,28-,29-,30-,31-/m0/s1. The highest BCUT2D eigenvalue weighted by atomic mass is 32.1. The number of carbonyl (C=O) groups is 9. The topological polar surface area (TPSA) is 464 Å². The molecule has 28 nitrogen and oxygen atoms in total. The predicted molar refractivity (Wildman–Crippen MR) is 264 cm³/mol. The zero-order chi connectivity index (χ0) is 53.2. The van der Waals surface area contributed by atoms with Crippen LogP contribution < -0.4 is 65.5 Å². The minimum atomic E-state index is -1.65. The number of aromatic nitrogens is 4. The number of amides is 8. The van der Waals surface area contributed by atoms with Crippen LogP contribution in [0.4, 0.5) is 0 Å². The molecule has 2 aromatic heterocycles. The molecule has 0 bridgehead atoms. The number of aliphatic hydroxyl groups excluding tert-OH is 1. The van der Waals surface area contributed by atoms with Crippen molar-refractivity contribution in [3.05, 3.63) is 36.4 Å². The first kappa shape index (κ1) is 60.6. The van der Waals surface area contributed by atoms with Crippen molar-refractivity contribution < 1.29 is 53.4 Å². The summed E-state index contributed by atoms with van der Waals surface area (Å²) in [6.45, 7) is 3.88. The van der Waals surface area contributed by atoms with Gasteiger partial charge in [0.2, 0.25) is 47.3 Å². The Balaban J connectivity index is 2.26. The fourth-order valence-electron chi connectivity index (χ4n) is 6.47. The van der Waals surface area contributed by atoms with Gasteiger partial charge in [-0.3, -0.25) is 43.3 Å². The summed E-state index contributed by atoms with van der Waals surface area (Å²) < 4.78 is 0. The molecule has 396 valence electrons. The second-order valence-corrected chi connectivity index (χ2v) is 17.3. The first-order valence-corrected chi connectivity index (χ1v) is 23.9. The molecule has 2 aromatic rings. The number of rotatable bonds is 33. The summed E-state index contributed by atoms with van der Waals surface area (Å²) >= 11 is 8.00. The number of aliphatic carboxylic acids is 1. The number of nitrogens with two attached hydrogens (primary N) is 4. The van der Waals surface area contributed by atoms with Crippen molar-refractivity contribution in [3.63, 3.8) is 0 Å². The Morgan fingerprint density at radius 1 is 0.620 bits per heavy atom. The van der Waals surface area contributed by atoms with E-state index in [1.807, 2.05) is 0 Å². The lowest BCUT2D eigenvalue weighted by molar-refractivity contribution is -0.141. The SMILES string of the molecule is CC(C)[C@H](NC(=O)[C@H](Cc1cnc[nH]1)NC(=O)[C@@H](N)CS)C(=O)N[C@@H](CO)C(=O)N[C@@H](CCCCN)C(=O)N[C@@H](C)C(=O)N[C@@H](Cc1cnc[nH]1)C(=O)N[C@@H](CCCN=C(N)N)C(=O)N[C@@H](CS)C(=O)O. The summed E-state index contributed by atoms with van der Waals surface area (Å²) in [6.07, 6.45) is 6.15. The van der Waals surface area contributed by atoms with Crippen LogP contribution in [0.25, 0.3) is 0 Å². The molecule has 2 heterocycles. The highest BCUT2D eigenvalue weighted by molar-refractivity contribution is 7.80. The van der Waals surface area contributed by atoms with Crippen molar-refractivity contribution in [2.45, 2.75) is 120 Å². The lowest BCUT2D eigenvalue weighted by atomic mass is 10.0. The van der Waals surface area contributed by atoms with Crippen LogP contribution in [-0.4, -0.2) is 175 Å². The molecule has 0 radical (unpaired) electrons. The van der Waals surface area contributed by atoms with Gasteiger partial charge in [0, 0.05) is 54.7 Å². The number of aliphatic hydroxyl groups is 1. The number of imidazole rings is 2. The van der Waals surface area contributed by atoms with Crippen LogP contribution in [0.5, 0.6) is 0 Å². The van der Waals surface area contributed by atoms with Crippen LogP contribution in [0.1, 0.15) is 64.3 Å². The van der Waals surface area contributed by atoms with Gasteiger partial charge in [0.15, 0.2) is 5.96 Å². The number of nitrogens with zero attached hydrogens (tertiary/aromatic N) is 3. The Morgan fingerprint density at radius 3 is 1.55 bits per heavy atom. The van der Waals surface area contributed by atoms with Gasteiger partial charge in [0.1, 0.15) is 48.3 Å². The van der Waals surface area contributed by atoms with Crippen LogP contribution in [0.15, 0.2) is 30.0 Å². The fourth-order valence-corrected chi connectivity index (χ4v) is 6.88. The number of hydrogen-bond acceptors (Lipinski definition) is 17. The van der Waals surface area contributed by atoms with Crippen LogP contribution in [0.2, 0.25) is 0 Å². The molecule has 0 aliphatic carbocycles. The average Bonchev–Trinajstić information content (AvgIpc) is 4.06. The van der Waals surface area contributed by atoms with Crippen LogP contribution >= 0.6 is 25.3 Å². The third-order valence-electron chi connectivity index (χ3n) is 10.5. The van der Waals surface area contributed by atoms with Crippen molar-refractivity contribution in [1.29, 1.82) is 0 Å². The van der Waals surface area contributed by atoms with E-state index in [1.54, 1.807) is 13.8 Å². The maximum Gasteiger partial charge on any atom is 0.327 e. The summed E-state index contributed by atoms with van der Waals surface area (Å²) in [5.41, 5.74) is 23.2. The fraction of sp³-hybridized carbons (Fsp3) is 0.610. The molecule has 0 fully saturated rings. The Morgan fingerprint density at radius 2 is 1.08 bits per heavy atom. The van der Waals surface area contributed by atoms with Crippen molar-refractivity contribution in [1.82, 2.24) is 62.5 Å². The monoisotopic (exact) mass is 1040 g/mol. The van der Waals surface area contributed by atoms with Crippen LogP contribution in [-0.2, 0) is 56.0 Å². The third kappa shape index (κ3) is 21.6. The largest absolute Gasteiger partial charge is 0.480 e. The second kappa shape index (κ2) is 31.7. The first-order chi connectivity index (χ1) is 33.6. The van der Waals surface area contributed by atoms with E-state index in [1.165, 1.54) is 32.0 Å². The normalized spacial score (nSPS) is 14.9. The number of thiol groups is 2. The molecule has 0 aliphatic rings. The second-order valence-electron chi connectivity index (χ2n) is 16.6. The van der Waals surface area contributed by atoms with Crippen LogP contribution in [0.3, 0.4) is 0 Å². The van der Waals surface area contributed by atoms with Crippen molar-refractivity contribution >= 4 is 84.4 Å². The van der Waals surface area contributed by atoms with Crippen molar-refractivity contribution in [3.8, 4) is 0 Å². The van der Waals surface area contributed by atoms with Crippen LogP contribution in [0, 0.1) is 5.92 Å². The highest BCUT2D eigenvalue weighted by Gasteiger charge is 2.35. The Kier molecular flexibility index (Phi) is 27.0. The number of nitrogens with one attached hydrogen (secondary N) is 10. The molecule has 0 aromatic carbocycles. The van der Waals surface area contributed by atoms with E-state index in [0.717, 1.165) is 0 Å². The molecule has 0 aliphatic heterocycles. The van der Waals surface area contributed by atoms with Crippen molar-refractivity contribution in [2.24, 2.45) is 33.8 Å². The maximum absolute atomic E-state index is 13.9. The first-order valence-electron chi connectivity index (χ1n) is 22.6. The zero-order valence-corrected chi connectivity index (χ0v) is 41.5. The summed E-state index contributed by atoms with van der Waals surface area (Å²) in [4.78, 5) is 137. The molecule has 2 rings (SSSR count). The van der Waals surface area contributed by atoms with Gasteiger partial charge < -0.3 is 85.6 Å². The highest BCUT2D eigenvalue weighted by Crippen LogP contribution is 2.09. The Hall–Kier alpha value is -6.50. The molecule has 0 spiro atoms. The summed E-state index contributed by atoms with van der Waals surface area (Å²) in [7, 11) is 0. The molecule has 0 saturated heterocycles. The van der Waals surface area contributed by atoms with Gasteiger partial charge in [0.05, 0.1) is 25.3 Å². The summed E-state index contributed by atoms with van der Waals surface area (Å²) in [5, 5.41) is 39.7. The van der Waals surface area contributed by atoms with E-state index in [9.17, 15) is 53.4 Å². The number of carbonyl (C=O) groups excluding carboxylic acids is 8. The maximum atomic E-state index is 13.9. The lowest BCUT2D eigenvalue weighted by Gasteiger charge is -2.28. The number of carboxylic acid groups (broad SMARTS) is 1. The third-order valence-corrected chi connectivity index (χ3v) is 11.3. The molecular weight excluding hydrogens is 971 g/mol. The van der Waals surface area contributed by atoms with E-state index in [0.29, 0.717) is 24.2 Å². The molecule has 71 heavy (non-hydrogen) atoms. The minimum Gasteiger partial charge on any atom is -0.480 e. The van der Waals surface area contributed by atoms with Gasteiger partial charge in [-0.15, -0.1) is 0 Å². The lowest BCUT2D eigenvalue weighted by Crippen LogP contribution is -2.61. The molecule has 20 N–H and O–H groups in total. The van der Waals surface area contributed by atoms with Crippen molar-refractivity contribution in [2.75, 3.05) is 31.2 Å². The molecule has 9 atom stereocenters. The molecule has 0 unspecified atom stereocenters. The van der Waals surface area contributed by atoms with Gasteiger partial charge in [-0.05, 0) is 51.5 Å². The zero-order valence-electron chi connectivity index (χ0n) is 39.7. The van der Waals surface area contributed by atoms with Gasteiger partial charge in [-0.25, -0.2) is 14.8 Å². The number of guanidine groups is 1. The number of hydrogen-bond donors (Lipinski definition) is 18. The molecule has 8 amide bonds. The number of aromatic amines is 2.